The smallest absolute Gasteiger partial charge is 0.239 e. The number of hydrogen-bond acceptors (Lipinski definition) is 3. The number of rotatable bonds is 5. The minimum atomic E-state index is 0. The molecule has 2 heterocycles. The first-order chi connectivity index (χ1) is 15.7. The molecule has 2 aliphatic rings. The predicted octanol–water partition coefficient (Wildman–Crippen LogP) is 3.89. The van der Waals surface area contributed by atoms with Crippen molar-refractivity contribution in [1.29, 1.82) is 0 Å². The molecular formula is C26H34IN5O. The highest BCUT2D eigenvalue weighted by atomic mass is 127. The van der Waals surface area contributed by atoms with Gasteiger partial charge in [-0.25, -0.2) is 4.99 Å². The van der Waals surface area contributed by atoms with Gasteiger partial charge in [0.15, 0.2) is 5.96 Å². The molecule has 176 valence electrons. The summed E-state index contributed by atoms with van der Waals surface area (Å²) in [5.41, 5.74) is 5.05. The Labute approximate surface area is 214 Å². The van der Waals surface area contributed by atoms with Gasteiger partial charge in [0.1, 0.15) is 0 Å². The van der Waals surface area contributed by atoms with Crippen molar-refractivity contribution >= 4 is 47.6 Å². The Morgan fingerprint density at radius 2 is 1.79 bits per heavy atom. The van der Waals surface area contributed by atoms with Crippen LogP contribution in [0.4, 0.5) is 5.69 Å². The Balaban J connectivity index is 0.00000306. The molecule has 2 N–H and O–H groups in total. The zero-order valence-electron chi connectivity index (χ0n) is 19.3. The average Bonchev–Trinajstić information content (AvgIpc) is 2.83. The number of aliphatic imine (C=N–C) groups is 1. The molecule has 0 radical (unpaired) electrons. The molecule has 0 aliphatic carbocycles. The van der Waals surface area contributed by atoms with Crippen LogP contribution in [0.1, 0.15) is 30.9 Å². The lowest BCUT2D eigenvalue weighted by Gasteiger charge is -2.31. The number of benzene rings is 2. The highest BCUT2D eigenvalue weighted by Gasteiger charge is 2.18. The first-order valence-electron chi connectivity index (χ1n) is 11.6. The minimum Gasteiger partial charge on any atom is -0.360 e. The van der Waals surface area contributed by atoms with Crippen molar-refractivity contribution in [3.05, 3.63) is 71.3 Å². The monoisotopic (exact) mass is 559 g/mol. The normalized spacial score (nSPS) is 16.7. The van der Waals surface area contributed by atoms with Crippen molar-refractivity contribution in [2.75, 3.05) is 44.2 Å². The van der Waals surface area contributed by atoms with Crippen LogP contribution in [-0.4, -0.2) is 56.0 Å². The van der Waals surface area contributed by atoms with Crippen LogP contribution in [0.25, 0.3) is 6.08 Å². The van der Waals surface area contributed by atoms with Crippen molar-refractivity contribution in [2.24, 2.45) is 4.99 Å². The minimum absolute atomic E-state index is 0. The van der Waals surface area contributed by atoms with Gasteiger partial charge in [-0.05, 0) is 43.0 Å². The summed E-state index contributed by atoms with van der Waals surface area (Å²) in [6, 6.07) is 19.0. The Morgan fingerprint density at radius 1 is 1.06 bits per heavy atom. The number of carbonyl (C=O) groups is 1. The lowest BCUT2D eigenvalue weighted by atomic mass is 10.0. The number of anilines is 1. The van der Waals surface area contributed by atoms with Crippen LogP contribution in [0.15, 0.2) is 65.2 Å². The summed E-state index contributed by atoms with van der Waals surface area (Å²) in [5, 5.41) is 6.33. The third-order valence-electron chi connectivity index (χ3n) is 5.96. The van der Waals surface area contributed by atoms with E-state index < -0.39 is 0 Å². The molecule has 2 fully saturated rings. The summed E-state index contributed by atoms with van der Waals surface area (Å²) in [6.07, 6.45) is 4.46. The number of piperazine rings is 1. The molecule has 1 amide bonds. The van der Waals surface area contributed by atoms with Gasteiger partial charge in [-0.15, -0.1) is 24.0 Å². The van der Waals surface area contributed by atoms with Gasteiger partial charge in [-0.1, -0.05) is 54.1 Å². The number of nitrogens with one attached hydrogen (secondary N) is 2. The Hall–Kier alpha value is -2.55. The molecule has 2 saturated heterocycles. The topological polar surface area (TPSA) is 60.0 Å². The van der Waals surface area contributed by atoms with E-state index in [1.807, 2.05) is 0 Å². The van der Waals surface area contributed by atoms with Crippen LogP contribution in [0, 0.1) is 0 Å². The van der Waals surface area contributed by atoms with Crippen molar-refractivity contribution in [3.63, 3.8) is 0 Å². The second-order valence-corrected chi connectivity index (χ2v) is 8.31. The lowest BCUT2D eigenvalue weighted by molar-refractivity contribution is -0.120. The van der Waals surface area contributed by atoms with Gasteiger partial charge >= 0.3 is 0 Å². The third-order valence-corrected chi connectivity index (χ3v) is 5.96. The van der Waals surface area contributed by atoms with E-state index in [0.29, 0.717) is 19.6 Å². The number of guanidine groups is 1. The van der Waals surface area contributed by atoms with Gasteiger partial charge < -0.3 is 20.4 Å². The number of likely N-dealkylation sites (tertiary alicyclic amines) is 1. The maximum atomic E-state index is 11.6. The third kappa shape index (κ3) is 7.22. The molecule has 7 heteroatoms. The molecule has 2 aromatic carbocycles. The van der Waals surface area contributed by atoms with E-state index in [1.165, 1.54) is 16.7 Å². The molecule has 4 rings (SSSR count). The van der Waals surface area contributed by atoms with Crippen molar-refractivity contribution in [2.45, 2.75) is 26.3 Å². The van der Waals surface area contributed by atoms with E-state index in [1.54, 1.807) is 0 Å². The fourth-order valence-corrected chi connectivity index (χ4v) is 4.20. The summed E-state index contributed by atoms with van der Waals surface area (Å²) >= 11 is 0. The molecule has 0 saturated carbocycles. The van der Waals surface area contributed by atoms with Crippen LogP contribution in [-0.2, 0) is 11.3 Å². The van der Waals surface area contributed by atoms with Crippen LogP contribution >= 0.6 is 24.0 Å². The number of amides is 1. The van der Waals surface area contributed by atoms with Gasteiger partial charge in [-0.3, -0.25) is 4.79 Å². The number of halogens is 1. The summed E-state index contributed by atoms with van der Waals surface area (Å²) in [7, 11) is 0. The van der Waals surface area contributed by atoms with Gasteiger partial charge in [0.2, 0.25) is 5.91 Å². The summed E-state index contributed by atoms with van der Waals surface area (Å²) in [5.74, 6) is 1.08. The number of piperidine rings is 1. The quantitative estimate of drug-likeness (QED) is 0.332. The highest BCUT2D eigenvalue weighted by molar-refractivity contribution is 14.0. The average molecular weight is 559 g/mol. The SMILES string of the molecule is CCNC(=NCc1ccc(N2CCNC(=O)C2)cc1)N1CCC(=Cc2ccccc2)CC1.I. The van der Waals surface area contributed by atoms with E-state index in [9.17, 15) is 4.79 Å². The van der Waals surface area contributed by atoms with Crippen molar-refractivity contribution < 1.29 is 4.79 Å². The number of hydrogen-bond donors (Lipinski definition) is 2. The first kappa shape index (κ1) is 25.1. The molecule has 6 nitrogen and oxygen atoms in total. The van der Waals surface area contributed by atoms with E-state index in [0.717, 1.165) is 50.7 Å². The summed E-state index contributed by atoms with van der Waals surface area (Å²) in [6.45, 7) is 7.57. The van der Waals surface area contributed by atoms with Crippen molar-refractivity contribution in [1.82, 2.24) is 15.5 Å². The maximum Gasteiger partial charge on any atom is 0.239 e. The molecule has 33 heavy (non-hydrogen) atoms. The molecular weight excluding hydrogens is 525 g/mol. The Bertz CT molecular complexity index is 948. The standard InChI is InChI=1S/C26H33N5O.HI/c1-2-27-26(30-15-12-22(13-16-30)18-21-6-4-3-5-7-21)29-19-23-8-10-24(11-9-23)31-17-14-28-25(32)20-31;/h3-11,18H,2,12-17,19-20H2,1H3,(H,27,29)(H,28,32);1H. The molecule has 2 aliphatic heterocycles. The molecule has 0 spiro atoms. The van der Waals surface area contributed by atoms with Crippen LogP contribution in [0.5, 0.6) is 0 Å². The van der Waals surface area contributed by atoms with Gasteiger partial charge in [-0.2, -0.15) is 0 Å². The van der Waals surface area contributed by atoms with Crippen LogP contribution < -0.4 is 15.5 Å². The maximum absolute atomic E-state index is 11.6. The number of carbonyl (C=O) groups excluding carboxylic acids is 1. The summed E-state index contributed by atoms with van der Waals surface area (Å²) < 4.78 is 0. The molecule has 2 aromatic rings. The van der Waals surface area contributed by atoms with E-state index in [2.05, 4.69) is 88.0 Å². The number of nitrogens with zero attached hydrogens (tertiary/aromatic N) is 3. The molecule has 0 bridgehead atoms. The van der Waals surface area contributed by atoms with E-state index >= 15 is 0 Å². The molecule has 0 atom stereocenters. The summed E-state index contributed by atoms with van der Waals surface area (Å²) in [4.78, 5) is 21.0. The Kier molecular flexibility index (Phi) is 9.60. The Morgan fingerprint density at radius 3 is 2.45 bits per heavy atom. The second kappa shape index (κ2) is 12.6. The fourth-order valence-electron chi connectivity index (χ4n) is 4.20. The second-order valence-electron chi connectivity index (χ2n) is 8.31. The van der Waals surface area contributed by atoms with Gasteiger partial charge in [0, 0.05) is 38.4 Å². The van der Waals surface area contributed by atoms with E-state index in [4.69, 9.17) is 4.99 Å². The highest BCUT2D eigenvalue weighted by Crippen LogP contribution is 2.20. The van der Waals surface area contributed by atoms with Gasteiger partial charge in [0.05, 0.1) is 13.1 Å². The largest absolute Gasteiger partial charge is 0.360 e. The van der Waals surface area contributed by atoms with Gasteiger partial charge in [0.25, 0.3) is 0 Å². The molecule has 0 aromatic heterocycles. The molecule has 0 unspecified atom stereocenters. The predicted molar refractivity (Wildman–Crippen MR) is 147 cm³/mol. The van der Waals surface area contributed by atoms with Crippen LogP contribution in [0.3, 0.4) is 0 Å². The first-order valence-corrected chi connectivity index (χ1v) is 11.6. The zero-order chi connectivity index (χ0) is 22.2. The van der Waals surface area contributed by atoms with Crippen LogP contribution in [0.2, 0.25) is 0 Å². The lowest BCUT2D eigenvalue weighted by Crippen LogP contribution is -2.47. The zero-order valence-corrected chi connectivity index (χ0v) is 21.6. The fraction of sp³-hybridized carbons (Fsp3) is 0.385. The van der Waals surface area contributed by atoms with Crippen molar-refractivity contribution in [3.8, 4) is 0 Å². The van der Waals surface area contributed by atoms with E-state index in [-0.39, 0.29) is 29.9 Å².